The predicted molar refractivity (Wildman–Crippen MR) is 85.9 cm³/mol. The van der Waals surface area contributed by atoms with Crippen molar-refractivity contribution in [1.82, 2.24) is 0 Å². The van der Waals surface area contributed by atoms with Gasteiger partial charge in [0.25, 0.3) is 0 Å². The van der Waals surface area contributed by atoms with Crippen molar-refractivity contribution in [3.63, 3.8) is 0 Å². The molecule has 0 N–H and O–H groups in total. The molecule has 2 saturated carbocycles. The van der Waals surface area contributed by atoms with Gasteiger partial charge < -0.3 is 9.47 Å². The Labute approximate surface area is 133 Å². The van der Waals surface area contributed by atoms with Crippen LogP contribution in [0.5, 0.6) is 0 Å². The number of hydrogen-bond donors (Lipinski definition) is 0. The van der Waals surface area contributed by atoms with Crippen LogP contribution in [0.1, 0.15) is 49.1 Å². The van der Waals surface area contributed by atoms with E-state index in [1.54, 1.807) is 11.1 Å². The van der Waals surface area contributed by atoms with Crippen LogP contribution in [0.4, 0.5) is 0 Å². The molecule has 0 bridgehead atoms. The molecule has 1 heterocycles. The van der Waals surface area contributed by atoms with Crippen molar-refractivity contribution in [3.8, 4) is 0 Å². The lowest BCUT2D eigenvalue weighted by atomic mass is 9.55. The summed E-state index contributed by atoms with van der Waals surface area (Å²) in [7, 11) is 0. The van der Waals surface area contributed by atoms with Gasteiger partial charge in [-0.1, -0.05) is 24.3 Å². The van der Waals surface area contributed by atoms with E-state index >= 15 is 0 Å². The molecule has 0 radical (unpaired) electrons. The quantitative estimate of drug-likeness (QED) is 0.722. The second-order valence-electron chi connectivity index (χ2n) is 7.88. The van der Waals surface area contributed by atoms with Gasteiger partial charge in [0.1, 0.15) is 0 Å². The molecule has 5 rings (SSSR count). The lowest BCUT2D eigenvalue weighted by molar-refractivity contribution is -0.0727. The summed E-state index contributed by atoms with van der Waals surface area (Å²) in [6.45, 7) is 2.55. The molecule has 1 unspecified atom stereocenters. The van der Waals surface area contributed by atoms with Gasteiger partial charge in [-0.25, -0.2) is 0 Å². The van der Waals surface area contributed by atoms with Crippen LogP contribution in [0.25, 0.3) is 0 Å². The number of aryl methyl sites for hydroxylation is 1. The highest BCUT2D eigenvalue weighted by Gasteiger charge is 2.58. The van der Waals surface area contributed by atoms with Crippen LogP contribution in [0.15, 0.2) is 24.3 Å². The SMILES string of the molecule is c1ccc2c(c1)CC[C@@H]1[C@@H]2CC[C@]23COCCOC2CC[C@@H]13. The summed E-state index contributed by atoms with van der Waals surface area (Å²) in [6.07, 6.45) is 8.38. The molecule has 118 valence electrons. The van der Waals surface area contributed by atoms with Crippen LogP contribution in [0.2, 0.25) is 0 Å². The Kier molecular flexibility index (Phi) is 3.13. The smallest absolute Gasteiger partial charge is 0.0704 e. The third-order valence-electron chi connectivity index (χ3n) is 7.19. The molecule has 5 atom stereocenters. The molecule has 1 aromatic rings. The Hall–Kier alpha value is -0.860. The summed E-state index contributed by atoms with van der Waals surface area (Å²) in [5.74, 6) is 2.48. The van der Waals surface area contributed by atoms with Crippen LogP contribution in [-0.4, -0.2) is 25.9 Å². The summed E-state index contributed by atoms with van der Waals surface area (Å²) < 4.78 is 12.2. The van der Waals surface area contributed by atoms with Crippen LogP contribution < -0.4 is 0 Å². The Morgan fingerprint density at radius 1 is 1.00 bits per heavy atom. The topological polar surface area (TPSA) is 18.5 Å². The van der Waals surface area contributed by atoms with E-state index in [-0.39, 0.29) is 0 Å². The molecular formula is C20H26O2. The zero-order valence-corrected chi connectivity index (χ0v) is 13.3. The van der Waals surface area contributed by atoms with Crippen LogP contribution in [0, 0.1) is 17.3 Å². The highest BCUT2D eigenvalue weighted by molar-refractivity contribution is 5.35. The van der Waals surface area contributed by atoms with Crippen molar-refractivity contribution < 1.29 is 9.47 Å². The summed E-state index contributed by atoms with van der Waals surface area (Å²) in [5, 5.41) is 0. The van der Waals surface area contributed by atoms with E-state index in [1.165, 1.54) is 38.5 Å². The van der Waals surface area contributed by atoms with Crippen LogP contribution >= 0.6 is 0 Å². The molecule has 4 aliphatic rings. The second kappa shape index (κ2) is 5.07. The van der Waals surface area contributed by atoms with Gasteiger partial charge in [-0.2, -0.15) is 0 Å². The lowest BCUT2D eigenvalue weighted by Gasteiger charge is -2.51. The lowest BCUT2D eigenvalue weighted by Crippen LogP contribution is -2.48. The Balaban J connectivity index is 1.51. The fourth-order valence-electron chi connectivity index (χ4n) is 6.32. The summed E-state index contributed by atoms with van der Waals surface area (Å²) >= 11 is 0. The number of fused-ring (bicyclic) bond motifs is 4. The summed E-state index contributed by atoms with van der Waals surface area (Å²) in [5.41, 5.74) is 3.61. The first-order valence-corrected chi connectivity index (χ1v) is 9.16. The molecule has 1 saturated heterocycles. The number of ether oxygens (including phenoxy) is 2. The van der Waals surface area contributed by atoms with E-state index in [0.29, 0.717) is 11.5 Å². The third kappa shape index (κ3) is 1.80. The molecule has 2 heteroatoms. The first-order chi connectivity index (χ1) is 10.9. The highest BCUT2D eigenvalue weighted by atomic mass is 16.5. The van der Waals surface area contributed by atoms with Gasteiger partial charge in [0.15, 0.2) is 0 Å². The Morgan fingerprint density at radius 2 is 1.95 bits per heavy atom. The minimum atomic E-state index is 0.337. The van der Waals surface area contributed by atoms with E-state index < -0.39 is 0 Å². The van der Waals surface area contributed by atoms with Gasteiger partial charge in [-0.05, 0) is 67.4 Å². The maximum absolute atomic E-state index is 6.21. The van der Waals surface area contributed by atoms with Crippen LogP contribution in [-0.2, 0) is 15.9 Å². The average Bonchev–Trinajstić information content (AvgIpc) is 2.82. The predicted octanol–water partition coefficient (Wildman–Crippen LogP) is 3.94. The largest absolute Gasteiger partial charge is 0.378 e. The molecule has 0 amide bonds. The van der Waals surface area contributed by atoms with Crippen molar-refractivity contribution in [2.45, 2.75) is 50.5 Å². The van der Waals surface area contributed by atoms with Crippen LogP contribution in [0.3, 0.4) is 0 Å². The van der Waals surface area contributed by atoms with Crippen molar-refractivity contribution in [3.05, 3.63) is 35.4 Å². The van der Waals surface area contributed by atoms with Gasteiger partial charge >= 0.3 is 0 Å². The summed E-state index contributed by atoms with van der Waals surface area (Å²) in [6, 6.07) is 9.20. The molecule has 3 aliphatic carbocycles. The monoisotopic (exact) mass is 298 g/mol. The standard InChI is InChI=1S/C20H26O2/c1-2-4-15-14(3-1)5-6-17-16(15)9-10-20-13-21-11-12-22-19(20)8-7-18(17)20/h1-4,16-19H,5-13H2/t16-,17-,18+,19?,20-/m1/s1. The molecule has 1 spiro atoms. The van der Waals surface area contributed by atoms with E-state index in [4.69, 9.17) is 9.47 Å². The van der Waals surface area contributed by atoms with E-state index in [1.807, 2.05) is 0 Å². The minimum Gasteiger partial charge on any atom is -0.378 e. The number of rotatable bonds is 0. The fourth-order valence-corrected chi connectivity index (χ4v) is 6.32. The number of hydrogen-bond acceptors (Lipinski definition) is 2. The second-order valence-corrected chi connectivity index (χ2v) is 7.88. The van der Waals surface area contributed by atoms with E-state index in [0.717, 1.165) is 37.6 Å². The van der Waals surface area contributed by atoms with Gasteiger partial charge in [0.05, 0.1) is 25.9 Å². The Morgan fingerprint density at radius 3 is 2.95 bits per heavy atom. The molecule has 1 aliphatic heterocycles. The van der Waals surface area contributed by atoms with Gasteiger partial charge in [0, 0.05) is 5.41 Å². The van der Waals surface area contributed by atoms with Crippen molar-refractivity contribution >= 4 is 0 Å². The maximum atomic E-state index is 6.21. The normalized spacial score (nSPS) is 43.5. The first-order valence-electron chi connectivity index (χ1n) is 9.16. The molecule has 1 aromatic carbocycles. The maximum Gasteiger partial charge on any atom is 0.0704 e. The average molecular weight is 298 g/mol. The molecular weight excluding hydrogens is 272 g/mol. The molecule has 2 nitrogen and oxygen atoms in total. The fraction of sp³-hybridized carbons (Fsp3) is 0.700. The van der Waals surface area contributed by atoms with Crippen molar-refractivity contribution in [2.75, 3.05) is 19.8 Å². The molecule has 3 fully saturated rings. The zero-order valence-electron chi connectivity index (χ0n) is 13.3. The molecule has 0 aromatic heterocycles. The van der Waals surface area contributed by atoms with Crippen molar-refractivity contribution in [2.24, 2.45) is 17.3 Å². The first kappa shape index (κ1) is 13.6. The van der Waals surface area contributed by atoms with Gasteiger partial charge in [-0.15, -0.1) is 0 Å². The zero-order chi connectivity index (χ0) is 14.6. The highest BCUT2D eigenvalue weighted by Crippen LogP contribution is 2.62. The molecule has 22 heavy (non-hydrogen) atoms. The Bertz CT molecular complexity index is 569. The van der Waals surface area contributed by atoms with E-state index in [2.05, 4.69) is 24.3 Å². The third-order valence-corrected chi connectivity index (χ3v) is 7.19. The minimum absolute atomic E-state index is 0.337. The summed E-state index contributed by atoms with van der Waals surface area (Å²) in [4.78, 5) is 0. The van der Waals surface area contributed by atoms with Gasteiger partial charge in [-0.3, -0.25) is 0 Å². The van der Waals surface area contributed by atoms with Gasteiger partial charge in [0.2, 0.25) is 0 Å². The van der Waals surface area contributed by atoms with Crippen molar-refractivity contribution in [1.29, 1.82) is 0 Å². The number of benzene rings is 1. The van der Waals surface area contributed by atoms with E-state index in [9.17, 15) is 0 Å².